The smallest absolute Gasteiger partial charge is 0.146 e. The molecule has 1 atom stereocenters. The fourth-order valence-corrected chi connectivity index (χ4v) is 5.96. The van der Waals surface area contributed by atoms with Gasteiger partial charge in [0.2, 0.25) is 0 Å². The zero-order valence-corrected chi connectivity index (χ0v) is 13.4. The van der Waals surface area contributed by atoms with Crippen LogP contribution in [0.3, 0.4) is 0 Å². The van der Waals surface area contributed by atoms with Crippen molar-refractivity contribution in [2.75, 3.05) is 0 Å². The molecule has 1 N–H and O–H groups in total. The van der Waals surface area contributed by atoms with Crippen molar-refractivity contribution in [1.82, 2.24) is 0 Å². The Morgan fingerprint density at radius 3 is 2.10 bits per heavy atom. The Morgan fingerprint density at radius 1 is 1.05 bits per heavy atom. The lowest BCUT2D eigenvalue weighted by Crippen LogP contribution is -2.49. The molecule has 4 fully saturated rings. The highest BCUT2D eigenvalue weighted by molar-refractivity contribution is 9.10. The van der Waals surface area contributed by atoms with Crippen molar-refractivity contribution in [3.05, 3.63) is 33.8 Å². The van der Waals surface area contributed by atoms with Gasteiger partial charge in [-0.15, -0.1) is 0 Å². The fraction of sp³-hybridized carbons (Fsp3) is 0.647. The molecule has 0 spiro atoms. The SMILES string of the molecule is OC(c1c(F)ccc(Br)c1F)C12CC3CC(CC(C3)C1)C2. The minimum absolute atomic E-state index is 0.133. The third-order valence-electron chi connectivity index (χ3n) is 6.02. The van der Waals surface area contributed by atoms with Crippen LogP contribution in [0.25, 0.3) is 0 Å². The number of benzene rings is 1. The van der Waals surface area contributed by atoms with Crippen molar-refractivity contribution in [1.29, 1.82) is 0 Å². The summed E-state index contributed by atoms with van der Waals surface area (Å²) in [4.78, 5) is 0. The molecule has 1 aromatic rings. The van der Waals surface area contributed by atoms with E-state index in [1.165, 1.54) is 31.4 Å². The first kappa shape index (κ1) is 14.1. The highest BCUT2D eigenvalue weighted by Gasteiger charge is 2.55. The van der Waals surface area contributed by atoms with E-state index < -0.39 is 17.7 Å². The quantitative estimate of drug-likeness (QED) is 0.741. The molecule has 1 aromatic carbocycles. The largest absolute Gasteiger partial charge is 0.388 e. The Kier molecular flexibility index (Phi) is 3.20. The highest BCUT2D eigenvalue weighted by atomic mass is 79.9. The van der Waals surface area contributed by atoms with E-state index in [1.807, 2.05) is 0 Å². The second kappa shape index (κ2) is 4.76. The number of rotatable bonds is 2. The molecule has 1 unspecified atom stereocenters. The van der Waals surface area contributed by atoms with Crippen molar-refractivity contribution in [2.45, 2.75) is 44.6 Å². The molecule has 0 heterocycles. The summed E-state index contributed by atoms with van der Waals surface area (Å²) in [5.41, 5.74) is -0.441. The molecule has 0 saturated heterocycles. The Morgan fingerprint density at radius 2 is 1.57 bits per heavy atom. The third kappa shape index (κ3) is 2.09. The predicted octanol–water partition coefficient (Wildman–Crippen LogP) is 4.98. The zero-order chi connectivity index (χ0) is 14.8. The van der Waals surface area contributed by atoms with Crippen LogP contribution in [0.4, 0.5) is 8.78 Å². The minimum atomic E-state index is -1.02. The van der Waals surface area contributed by atoms with Crippen LogP contribution < -0.4 is 0 Å². The van der Waals surface area contributed by atoms with E-state index in [-0.39, 0.29) is 15.5 Å². The first-order valence-corrected chi connectivity index (χ1v) is 8.59. The van der Waals surface area contributed by atoms with Gasteiger partial charge in [0.25, 0.3) is 0 Å². The highest BCUT2D eigenvalue weighted by Crippen LogP contribution is 2.64. The molecule has 0 radical (unpaired) electrons. The van der Waals surface area contributed by atoms with E-state index >= 15 is 0 Å². The molecule has 4 aliphatic carbocycles. The van der Waals surface area contributed by atoms with Crippen LogP contribution >= 0.6 is 15.9 Å². The molecule has 1 nitrogen and oxygen atoms in total. The first-order valence-electron chi connectivity index (χ1n) is 7.80. The number of halogens is 3. The number of hydrogen-bond donors (Lipinski definition) is 1. The van der Waals surface area contributed by atoms with Gasteiger partial charge in [0.05, 0.1) is 16.1 Å². The molecule has 0 aromatic heterocycles. The van der Waals surface area contributed by atoms with Gasteiger partial charge in [0, 0.05) is 5.41 Å². The van der Waals surface area contributed by atoms with E-state index in [2.05, 4.69) is 15.9 Å². The average Bonchev–Trinajstić information content (AvgIpc) is 2.42. The maximum Gasteiger partial charge on any atom is 0.146 e. The Bertz CT molecular complexity index is 551. The summed E-state index contributed by atoms with van der Waals surface area (Å²) in [6.45, 7) is 0. The van der Waals surface area contributed by atoms with Gasteiger partial charge in [-0.3, -0.25) is 0 Å². The second-order valence-electron chi connectivity index (χ2n) is 7.44. The third-order valence-corrected chi connectivity index (χ3v) is 6.63. The van der Waals surface area contributed by atoms with E-state index in [9.17, 15) is 13.9 Å². The molecule has 21 heavy (non-hydrogen) atoms. The molecule has 0 aliphatic heterocycles. The second-order valence-corrected chi connectivity index (χ2v) is 8.29. The van der Waals surface area contributed by atoms with Gasteiger partial charge >= 0.3 is 0 Å². The summed E-state index contributed by atoms with van der Waals surface area (Å²) < 4.78 is 28.7. The van der Waals surface area contributed by atoms with Gasteiger partial charge in [0.1, 0.15) is 11.6 Å². The fourth-order valence-electron chi connectivity index (χ4n) is 5.61. The standard InChI is InChI=1S/C17H19BrF2O/c18-12-1-2-13(19)14(15(12)20)16(21)17-6-9-3-10(7-17)5-11(4-9)8-17/h1-2,9-11,16,21H,3-8H2. The number of aliphatic hydroxyl groups excluding tert-OH is 1. The number of aliphatic hydroxyl groups is 1. The van der Waals surface area contributed by atoms with Crippen molar-refractivity contribution in [3.8, 4) is 0 Å². The molecule has 0 amide bonds. The van der Waals surface area contributed by atoms with E-state index in [1.54, 1.807) is 0 Å². The van der Waals surface area contributed by atoms with Gasteiger partial charge < -0.3 is 5.11 Å². The normalized spacial score (nSPS) is 38.8. The van der Waals surface area contributed by atoms with Crippen LogP contribution in [0.2, 0.25) is 0 Å². The van der Waals surface area contributed by atoms with E-state index in [0.717, 1.165) is 19.3 Å². The maximum absolute atomic E-state index is 14.4. The lowest BCUT2D eigenvalue weighted by atomic mass is 9.47. The predicted molar refractivity (Wildman–Crippen MR) is 79.6 cm³/mol. The summed E-state index contributed by atoms with van der Waals surface area (Å²) >= 11 is 3.11. The molecule has 5 rings (SSSR count). The van der Waals surface area contributed by atoms with Crippen molar-refractivity contribution in [3.63, 3.8) is 0 Å². The van der Waals surface area contributed by atoms with Crippen LogP contribution in [-0.4, -0.2) is 5.11 Å². The Labute approximate surface area is 131 Å². The van der Waals surface area contributed by atoms with Crippen LogP contribution in [-0.2, 0) is 0 Å². The summed E-state index contributed by atoms with van der Waals surface area (Å²) in [5.74, 6) is 0.662. The first-order chi connectivity index (χ1) is 9.98. The van der Waals surface area contributed by atoms with Crippen molar-refractivity contribution in [2.24, 2.45) is 23.2 Å². The molecule has 4 bridgehead atoms. The van der Waals surface area contributed by atoms with E-state index in [0.29, 0.717) is 17.8 Å². The lowest BCUT2D eigenvalue weighted by molar-refractivity contribution is -0.124. The molecule has 114 valence electrons. The molecule has 4 aliphatic rings. The summed E-state index contributed by atoms with van der Waals surface area (Å²) in [7, 11) is 0. The van der Waals surface area contributed by atoms with Crippen molar-refractivity contribution >= 4 is 15.9 Å². The Hall–Kier alpha value is -0.480. The van der Waals surface area contributed by atoms with E-state index in [4.69, 9.17) is 0 Å². The van der Waals surface area contributed by atoms with Crippen LogP contribution in [0, 0.1) is 34.8 Å². The van der Waals surface area contributed by atoms with Gasteiger partial charge in [0.15, 0.2) is 0 Å². The zero-order valence-electron chi connectivity index (χ0n) is 11.8. The number of hydrogen-bond acceptors (Lipinski definition) is 1. The minimum Gasteiger partial charge on any atom is -0.388 e. The monoisotopic (exact) mass is 356 g/mol. The van der Waals surface area contributed by atoms with Crippen LogP contribution in [0.15, 0.2) is 16.6 Å². The lowest BCUT2D eigenvalue weighted by Gasteiger charge is -2.58. The van der Waals surface area contributed by atoms with Gasteiger partial charge in [-0.1, -0.05) is 0 Å². The molecular formula is C17H19BrF2O. The topological polar surface area (TPSA) is 20.2 Å². The van der Waals surface area contributed by atoms with Crippen molar-refractivity contribution < 1.29 is 13.9 Å². The summed E-state index contributed by atoms with van der Waals surface area (Å²) in [6, 6.07) is 2.60. The summed E-state index contributed by atoms with van der Waals surface area (Å²) in [6.07, 6.45) is 5.48. The van der Waals surface area contributed by atoms with Crippen LogP contribution in [0.1, 0.15) is 50.2 Å². The van der Waals surface area contributed by atoms with Gasteiger partial charge in [-0.25, -0.2) is 8.78 Å². The average molecular weight is 357 g/mol. The van der Waals surface area contributed by atoms with Crippen LogP contribution in [0.5, 0.6) is 0 Å². The molecular weight excluding hydrogens is 338 g/mol. The van der Waals surface area contributed by atoms with Gasteiger partial charge in [-0.05, 0) is 84.3 Å². The summed E-state index contributed by atoms with van der Waals surface area (Å²) in [5, 5.41) is 10.9. The molecule has 4 heteroatoms. The maximum atomic E-state index is 14.4. The molecule has 4 saturated carbocycles. The van der Waals surface area contributed by atoms with Gasteiger partial charge in [-0.2, -0.15) is 0 Å². The Balaban J connectivity index is 1.75.